The third-order valence-corrected chi connectivity index (χ3v) is 4.60. The monoisotopic (exact) mass is 263 g/mol. The highest BCUT2D eigenvalue weighted by atomic mass is 32.1. The summed E-state index contributed by atoms with van der Waals surface area (Å²) in [7, 11) is 0. The highest BCUT2D eigenvalue weighted by Gasteiger charge is 2.11. The number of thiophene rings is 1. The summed E-state index contributed by atoms with van der Waals surface area (Å²) in [6.45, 7) is 2.10. The van der Waals surface area contributed by atoms with Crippen molar-refractivity contribution in [1.29, 1.82) is 0 Å². The molecule has 0 bridgehead atoms. The van der Waals surface area contributed by atoms with E-state index in [1.807, 2.05) is 16.0 Å². The molecule has 0 saturated carbocycles. The van der Waals surface area contributed by atoms with Gasteiger partial charge in [-0.25, -0.2) is 4.98 Å². The van der Waals surface area contributed by atoms with E-state index in [9.17, 15) is 0 Å². The molecule has 3 nitrogen and oxygen atoms in total. The van der Waals surface area contributed by atoms with Crippen LogP contribution in [0, 0.1) is 6.92 Å². The predicted octanol–water partition coefficient (Wildman–Crippen LogP) is 3.01. The molecule has 0 amide bonds. The molecule has 0 spiro atoms. The van der Waals surface area contributed by atoms with Crippen LogP contribution in [-0.4, -0.2) is 9.38 Å². The smallest absolute Gasteiger partial charge is 0.193 e. The van der Waals surface area contributed by atoms with Crippen molar-refractivity contribution in [3.05, 3.63) is 45.4 Å². The Kier molecular flexibility index (Phi) is 2.74. The molecule has 0 fully saturated rings. The summed E-state index contributed by atoms with van der Waals surface area (Å²) in [6, 6.07) is 4.28. The maximum Gasteiger partial charge on any atom is 0.193 e. The molecule has 5 heteroatoms. The summed E-state index contributed by atoms with van der Waals surface area (Å²) in [6.07, 6.45) is 4.89. The molecule has 3 aromatic rings. The molecule has 0 aliphatic carbocycles. The van der Waals surface area contributed by atoms with E-state index in [4.69, 9.17) is 5.73 Å². The second kappa shape index (κ2) is 4.25. The Hall–Kier alpha value is -1.17. The van der Waals surface area contributed by atoms with E-state index in [2.05, 4.69) is 30.2 Å². The molecule has 0 aliphatic heterocycles. The zero-order valence-corrected chi connectivity index (χ0v) is 11.1. The molecular formula is C12H13N3S2. The van der Waals surface area contributed by atoms with Gasteiger partial charge in [0, 0.05) is 40.0 Å². The fourth-order valence-corrected chi connectivity index (χ4v) is 3.45. The van der Waals surface area contributed by atoms with E-state index in [1.54, 1.807) is 22.7 Å². The first kappa shape index (κ1) is 11.0. The number of fused-ring (bicyclic) bond motifs is 1. The van der Waals surface area contributed by atoms with E-state index >= 15 is 0 Å². The van der Waals surface area contributed by atoms with Gasteiger partial charge in [0.05, 0.1) is 5.69 Å². The van der Waals surface area contributed by atoms with Crippen molar-refractivity contribution < 1.29 is 0 Å². The molecule has 17 heavy (non-hydrogen) atoms. The number of aromatic nitrogens is 2. The average Bonchev–Trinajstić information content (AvgIpc) is 2.92. The van der Waals surface area contributed by atoms with E-state index < -0.39 is 0 Å². The zero-order chi connectivity index (χ0) is 11.8. The van der Waals surface area contributed by atoms with Crippen molar-refractivity contribution in [3.63, 3.8) is 0 Å². The first-order valence-corrected chi connectivity index (χ1v) is 7.15. The van der Waals surface area contributed by atoms with E-state index in [1.165, 1.54) is 9.75 Å². The standard InChI is InChI=1S/C12H13N3S2/c1-8-2-3-11(17-8)10(13)6-9-7-15-4-5-16-12(15)14-9/h2-5,7,10H,6,13H2,1H3. The fourth-order valence-electron chi connectivity index (χ4n) is 1.85. The zero-order valence-electron chi connectivity index (χ0n) is 9.46. The molecule has 3 aromatic heterocycles. The van der Waals surface area contributed by atoms with Gasteiger partial charge in [-0.15, -0.1) is 22.7 Å². The summed E-state index contributed by atoms with van der Waals surface area (Å²) < 4.78 is 2.05. The molecule has 1 unspecified atom stereocenters. The lowest BCUT2D eigenvalue weighted by Crippen LogP contribution is -2.11. The Morgan fingerprint density at radius 1 is 1.47 bits per heavy atom. The lowest BCUT2D eigenvalue weighted by atomic mass is 10.1. The first-order valence-electron chi connectivity index (χ1n) is 5.45. The van der Waals surface area contributed by atoms with Crippen LogP contribution >= 0.6 is 22.7 Å². The topological polar surface area (TPSA) is 43.3 Å². The normalized spacial score (nSPS) is 13.3. The van der Waals surface area contributed by atoms with Gasteiger partial charge in [-0.1, -0.05) is 0 Å². The Labute approximate surface area is 108 Å². The Balaban J connectivity index is 1.80. The van der Waals surface area contributed by atoms with Gasteiger partial charge in [-0.3, -0.25) is 4.40 Å². The highest BCUT2D eigenvalue weighted by Crippen LogP contribution is 2.24. The molecule has 1 atom stereocenters. The lowest BCUT2D eigenvalue weighted by molar-refractivity contribution is 0.724. The summed E-state index contributed by atoms with van der Waals surface area (Å²) in [4.78, 5) is 8.13. The minimum Gasteiger partial charge on any atom is -0.323 e. The molecule has 3 heterocycles. The Bertz CT molecular complexity index is 606. The lowest BCUT2D eigenvalue weighted by Gasteiger charge is -2.06. The number of nitrogens with zero attached hydrogens (tertiary/aromatic N) is 2. The van der Waals surface area contributed by atoms with Crippen LogP contribution in [0.15, 0.2) is 29.9 Å². The molecule has 88 valence electrons. The summed E-state index contributed by atoms with van der Waals surface area (Å²) in [5.41, 5.74) is 7.26. The van der Waals surface area contributed by atoms with Crippen LogP contribution in [0.25, 0.3) is 4.96 Å². The van der Waals surface area contributed by atoms with Crippen LogP contribution in [0.3, 0.4) is 0 Å². The number of hydrogen-bond acceptors (Lipinski definition) is 4. The third-order valence-electron chi connectivity index (χ3n) is 2.70. The number of imidazole rings is 1. The molecule has 3 rings (SSSR count). The summed E-state index contributed by atoms with van der Waals surface area (Å²) in [5, 5.41) is 2.04. The van der Waals surface area contributed by atoms with Crippen LogP contribution in [-0.2, 0) is 6.42 Å². The van der Waals surface area contributed by atoms with Gasteiger partial charge in [0.1, 0.15) is 0 Å². The quantitative estimate of drug-likeness (QED) is 0.789. The van der Waals surface area contributed by atoms with Gasteiger partial charge in [0.25, 0.3) is 0 Å². The van der Waals surface area contributed by atoms with Crippen LogP contribution < -0.4 is 5.73 Å². The Morgan fingerprint density at radius 3 is 3.06 bits per heavy atom. The maximum absolute atomic E-state index is 6.20. The maximum atomic E-state index is 6.20. The van der Waals surface area contributed by atoms with Crippen molar-refractivity contribution >= 4 is 27.6 Å². The van der Waals surface area contributed by atoms with Gasteiger partial charge in [-0.2, -0.15) is 0 Å². The number of nitrogens with two attached hydrogens (primary N) is 1. The van der Waals surface area contributed by atoms with E-state index in [0.29, 0.717) is 0 Å². The predicted molar refractivity (Wildman–Crippen MR) is 72.8 cm³/mol. The number of aryl methyl sites for hydroxylation is 1. The molecule has 0 radical (unpaired) electrons. The van der Waals surface area contributed by atoms with Crippen molar-refractivity contribution in [2.75, 3.05) is 0 Å². The van der Waals surface area contributed by atoms with Gasteiger partial charge in [0.15, 0.2) is 4.96 Å². The molecular weight excluding hydrogens is 250 g/mol. The van der Waals surface area contributed by atoms with Gasteiger partial charge in [0.2, 0.25) is 0 Å². The van der Waals surface area contributed by atoms with Crippen LogP contribution in [0.5, 0.6) is 0 Å². The van der Waals surface area contributed by atoms with Crippen LogP contribution in [0.2, 0.25) is 0 Å². The van der Waals surface area contributed by atoms with Crippen molar-refractivity contribution in [3.8, 4) is 0 Å². The Morgan fingerprint density at radius 2 is 2.35 bits per heavy atom. The molecule has 0 saturated heterocycles. The van der Waals surface area contributed by atoms with E-state index in [-0.39, 0.29) is 6.04 Å². The van der Waals surface area contributed by atoms with Crippen LogP contribution in [0.1, 0.15) is 21.5 Å². The van der Waals surface area contributed by atoms with Gasteiger partial charge < -0.3 is 5.73 Å². The number of rotatable bonds is 3. The fraction of sp³-hybridized carbons (Fsp3) is 0.250. The third kappa shape index (κ3) is 2.13. The number of hydrogen-bond donors (Lipinski definition) is 1. The van der Waals surface area contributed by atoms with Crippen molar-refractivity contribution in [2.45, 2.75) is 19.4 Å². The summed E-state index contributed by atoms with van der Waals surface area (Å²) >= 11 is 3.42. The largest absolute Gasteiger partial charge is 0.323 e. The molecule has 0 aliphatic rings. The van der Waals surface area contributed by atoms with Crippen LogP contribution in [0.4, 0.5) is 0 Å². The summed E-state index contributed by atoms with van der Waals surface area (Å²) in [5.74, 6) is 0. The second-order valence-corrected chi connectivity index (χ2v) is 6.28. The van der Waals surface area contributed by atoms with Crippen molar-refractivity contribution in [1.82, 2.24) is 9.38 Å². The van der Waals surface area contributed by atoms with E-state index in [0.717, 1.165) is 17.1 Å². The second-order valence-electron chi connectivity index (χ2n) is 4.08. The van der Waals surface area contributed by atoms with Gasteiger partial charge in [-0.05, 0) is 19.1 Å². The SMILES string of the molecule is Cc1ccc(C(N)Cc2cn3ccsc3n2)s1. The van der Waals surface area contributed by atoms with Crippen molar-refractivity contribution in [2.24, 2.45) is 5.73 Å². The highest BCUT2D eigenvalue weighted by molar-refractivity contribution is 7.15. The molecule has 2 N–H and O–H groups in total. The first-order chi connectivity index (χ1) is 8.22. The number of thiazole rings is 1. The van der Waals surface area contributed by atoms with Gasteiger partial charge >= 0.3 is 0 Å². The average molecular weight is 263 g/mol. The minimum atomic E-state index is 0.0540. The molecule has 0 aromatic carbocycles. The minimum absolute atomic E-state index is 0.0540.